The molecule has 0 spiro atoms. The highest BCUT2D eigenvalue weighted by Gasteiger charge is 2.19. The molecule has 1 amide bonds. The summed E-state index contributed by atoms with van der Waals surface area (Å²) in [7, 11) is 0. The van der Waals surface area contributed by atoms with Gasteiger partial charge in [0, 0.05) is 17.1 Å². The fraction of sp³-hybridized carbons (Fsp3) is 0.409. The summed E-state index contributed by atoms with van der Waals surface area (Å²) in [6.07, 6.45) is 0.784. The van der Waals surface area contributed by atoms with Crippen LogP contribution in [0.5, 0.6) is 0 Å². The number of aryl methyl sites for hydroxylation is 3. The smallest absolute Gasteiger partial charge is 0.339 e. The van der Waals surface area contributed by atoms with Gasteiger partial charge in [-0.3, -0.25) is 9.59 Å². The van der Waals surface area contributed by atoms with Crippen molar-refractivity contribution in [1.82, 2.24) is 4.57 Å². The van der Waals surface area contributed by atoms with Crippen LogP contribution >= 0.6 is 0 Å². The van der Waals surface area contributed by atoms with Crippen molar-refractivity contribution in [2.24, 2.45) is 0 Å². The Labute approximate surface area is 171 Å². The molecule has 0 unspecified atom stereocenters. The zero-order valence-corrected chi connectivity index (χ0v) is 17.6. The van der Waals surface area contributed by atoms with Crippen molar-refractivity contribution in [2.45, 2.75) is 47.6 Å². The molecule has 1 aromatic heterocycles. The fourth-order valence-corrected chi connectivity index (χ4v) is 3.16. The number of carbonyl (C=O) groups is 3. The van der Waals surface area contributed by atoms with Gasteiger partial charge in [0.25, 0.3) is 5.91 Å². The molecule has 2 aromatic rings. The third-order valence-electron chi connectivity index (χ3n) is 4.72. The van der Waals surface area contributed by atoms with Crippen molar-refractivity contribution >= 4 is 23.5 Å². The number of ether oxygens (including phenoxy) is 2. The summed E-state index contributed by atoms with van der Waals surface area (Å²) >= 11 is 0. The van der Waals surface area contributed by atoms with E-state index in [0.717, 1.165) is 28.9 Å². The zero-order valence-electron chi connectivity index (χ0n) is 17.6. The van der Waals surface area contributed by atoms with E-state index in [1.165, 1.54) is 0 Å². The fourth-order valence-electron chi connectivity index (χ4n) is 3.16. The van der Waals surface area contributed by atoms with Crippen LogP contribution in [-0.2, 0) is 32.0 Å². The van der Waals surface area contributed by atoms with Crippen LogP contribution in [0.15, 0.2) is 24.3 Å². The van der Waals surface area contributed by atoms with Gasteiger partial charge in [-0.15, -0.1) is 0 Å². The maximum absolute atomic E-state index is 12.2. The number of carbonyl (C=O) groups excluding carboxylic acids is 3. The quantitative estimate of drug-likeness (QED) is 0.687. The second-order valence-electron chi connectivity index (χ2n) is 6.76. The number of nitrogens with zero attached hydrogens (tertiary/aromatic N) is 1. The molecule has 0 atom stereocenters. The van der Waals surface area contributed by atoms with E-state index in [4.69, 9.17) is 9.47 Å². The molecule has 156 valence electrons. The molecule has 0 saturated carbocycles. The van der Waals surface area contributed by atoms with Gasteiger partial charge in [-0.05, 0) is 51.3 Å². The van der Waals surface area contributed by atoms with Crippen molar-refractivity contribution in [2.75, 3.05) is 18.5 Å². The molecule has 2 rings (SSSR count). The first-order chi connectivity index (χ1) is 13.8. The molecule has 0 aliphatic rings. The molecule has 7 heteroatoms. The van der Waals surface area contributed by atoms with Gasteiger partial charge in [-0.2, -0.15) is 0 Å². The van der Waals surface area contributed by atoms with E-state index >= 15 is 0 Å². The molecule has 0 saturated heterocycles. The van der Waals surface area contributed by atoms with Gasteiger partial charge in [0.1, 0.15) is 6.54 Å². The predicted molar refractivity (Wildman–Crippen MR) is 110 cm³/mol. The lowest BCUT2D eigenvalue weighted by molar-refractivity contribution is -0.147. The van der Waals surface area contributed by atoms with E-state index in [-0.39, 0.29) is 19.8 Å². The molecule has 1 aromatic carbocycles. The summed E-state index contributed by atoms with van der Waals surface area (Å²) < 4.78 is 11.8. The number of esters is 2. The Morgan fingerprint density at radius 1 is 1.07 bits per heavy atom. The standard InChI is InChI=1S/C22H28N2O5/c1-6-17-10-8-9-14(3)21(17)23-19(25)13-29-20(26)12-24-15(4)11-18(16(24)5)22(27)28-7-2/h8-11H,6-7,12-13H2,1-5H3,(H,23,25). The Hall–Kier alpha value is -3.09. The van der Waals surface area contributed by atoms with Gasteiger partial charge >= 0.3 is 11.9 Å². The number of para-hydroxylation sites is 1. The number of amides is 1. The minimum absolute atomic E-state index is 0.0884. The normalized spacial score (nSPS) is 10.5. The van der Waals surface area contributed by atoms with Gasteiger partial charge in [0.05, 0.1) is 12.2 Å². The maximum Gasteiger partial charge on any atom is 0.339 e. The topological polar surface area (TPSA) is 86.6 Å². The molecule has 0 aliphatic heterocycles. The molecule has 0 radical (unpaired) electrons. The van der Waals surface area contributed by atoms with Gasteiger partial charge in [-0.1, -0.05) is 25.1 Å². The average Bonchev–Trinajstić information content (AvgIpc) is 2.96. The Kier molecular flexibility index (Phi) is 7.59. The van der Waals surface area contributed by atoms with E-state index < -0.39 is 17.8 Å². The number of aromatic nitrogens is 1. The summed E-state index contributed by atoms with van der Waals surface area (Å²) in [4.78, 5) is 36.4. The Morgan fingerprint density at radius 2 is 1.79 bits per heavy atom. The number of nitrogens with one attached hydrogen (secondary N) is 1. The molecule has 7 nitrogen and oxygen atoms in total. The summed E-state index contributed by atoms with van der Waals surface area (Å²) in [5, 5.41) is 2.82. The number of hydrogen-bond donors (Lipinski definition) is 1. The lowest BCUT2D eigenvalue weighted by Gasteiger charge is -2.13. The van der Waals surface area contributed by atoms with Crippen molar-refractivity contribution in [3.05, 3.63) is 52.3 Å². The van der Waals surface area contributed by atoms with Crippen LogP contribution in [0.3, 0.4) is 0 Å². The minimum atomic E-state index is -0.558. The van der Waals surface area contributed by atoms with Crippen LogP contribution in [0.25, 0.3) is 0 Å². The van der Waals surface area contributed by atoms with Gasteiger partial charge in [-0.25, -0.2) is 4.79 Å². The average molecular weight is 400 g/mol. The lowest BCUT2D eigenvalue weighted by atomic mass is 10.1. The van der Waals surface area contributed by atoms with Crippen LogP contribution in [0.2, 0.25) is 0 Å². The van der Waals surface area contributed by atoms with E-state index in [0.29, 0.717) is 11.3 Å². The van der Waals surface area contributed by atoms with E-state index in [9.17, 15) is 14.4 Å². The maximum atomic E-state index is 12.2. The highest BCUT2D eigenvalue weighted by atomic mass is 16.5. The summed E-state index contributed by atoms with van der Waals surface area (Å²) in [6, 6.07) is 7.49. The minimum Gasteiger partial charge on any atom is -0.462 e. The van der Waals surface area contributed by atoms with E-state index in [2.05, 4.69) is 5.32 Å². The van der Waals surface area contributed by atoms with Crippen molar-refractivity contribution in [3.8, 4) is 0 Å². The third-order valence-corrected chi connectivity index (χ3v) is 4.72. The number of anilines is 1. The van der Waals surface area contributed by atoms with Crippen LogP contribution in [0, 0.1) is 20.8 Å². The highest BCUT2D eigenvalue weighted by molar-refractivity contribution is 5.94. The zero-order chi connectivity index (χ0) is 21.6. The van der Waals surface area contributed by atoms with Crippen LogP contribution in [0.4, 0.5) is 5.69 Å². The van der Waals surface area contributed by atoms with Crippen molar-refractivity contribution in [1.29, 1.82) is 0 Å². The van der Waals surface area contributed by atoms with Crippen LogP contribution in [-0.4, -0.2) is 35.6 Å². The molecular weight excluding hydrogens is 372 g/mol. The monoisotopic (exact) mass is 400 g/mol. The largest absolute Gasteiger partial charge is 0.462 e. The van der Waals surface area contributed by atoms with Crippen LogP contribution < -0.4 is 5.32 Å². The number of benzene rings is 1. The third kappa shape index (κ3) is 5.47. The Morgan fingerprint density at radius 3 is 2.45 bits per heavy atom. The highest BCUT2D eigenvalue weighted by Crippen LogP contribution is 2.21. The van der Waals surface area contributed by atoms with E-state index in [1.807, 2.05) is 32.0 Å². The Bertz CT molecular complexity index is 914. The summed E-state index contributed by atoms with van der Waals surface area (Å²) in [6.45, 7) is 9.01. The molecule has 1 heterocycles. The molecule has 0 aliphatic carbocycles. The van der Waals surface area contributed by atoms with Crippen molar-refractivity contribution in [3.63, 3.8) is 0 Å². The second-order valence-corrected chi connectivity index (χ2v) is 6.76. The summed E-state index contributed by atoms with van der Waals surface area (Å²) in [5.74, 6) is -1.38. The first kappa shape index (κ1) is 22.2. The first-order valence-corrected chi connectivity index (χ1v) is 9.66. The molecule has 0 bridgehead atoms. The first-order valence-electron chi connectivity index (χ1n) is 9.66. The summed E-state index contributed by atoms with van der Waals surface area (Å²) in [5.41, 5.74) is 4.51. The SMILES string of the molecule is CCOC(=O)c1cc(C)n(CC(=O)OCC(=O)Nc2c(C)cccc2CC)c1C. The molecular formula is C22H28N2O5. The van der Waals surface area contributed by atoms with Gasteiger partial charge < -0.3 is 19.4 Å². The molecule has 0 fully saturated rings. The van der Waals surface area contributed by atoms with Crippen LogP contribution in [0.1, 0.15) is 46.7 Å². The predicted octanol–water partition coefficient (Wildman–Crippen LogP) is 3.33. The van der Waals surface area contributed by atoms with Crippen molar-refractivity contribution < 1.29 is 23.9 Å². The van der Waals surface area contributed by atoms with Gasteiger partial charge in [0.15, 0.2) is 6.61 Å². The number of rotatable bonds is 8. The van der Waals surface area contributed by atoms with E-state index in [1.54, 1.807) is 31.4 Å². The molecule has 1 N–H and O–H groups in total. The Balaban J connectivity index is 1.97. The second kappa shape index (κ2) is 9.91. The molecule has 29 heavy (non-hydrogen) atoms. The number of hydrogen-bond acceptors (Lipinski definition) is 5. The lowest BCUT2D eigenvalue weighted by Crippen LogP contribution is -2.24. The van der Waals surface area contributed by atoms with Gasteiger partial charge in [0.2, 0.25) is 0 Å².